The van der Waals surface area contributed by atoms with E-state index in [2.05, 4.69) is 24.8 Å². The summed E-state index contributed by atoms with van der Waals surface area (Å²) < 4.78 is 6.09. The van der Waals surface area contributed by atoms with E-state index in [1.165, 1.54) is 0 Å². The van der Waals surface area contributed by atoms with Crippen LogP contribution in [0.1, 0.15) is 13.8 Å². The van der Waals surface area contributed by atoms with Gasteiger partial charge in [-0.15, -0.1) is 0 Å². The lowest BCUT2D eigenvalue weighted by atomic mass is 10.2. The third kappa shape index (κ3) is 2.31. The van der Waals surface area contributed by atoms with Crippen LogP contribution in [0.5, 0.6) is 0 Å². The first-order chi connectivity index (χ1) is 11.8. The molecular weight excluding hydrogens is 298 g/mol. The minimum Gasteiger partial charge on any atom is -0.450 e. The van der Waals surface area contributed by atoms with Crippen LogP contribution >= 0.6 is 0 Å². The van der Waals surface area contributed by atoms with E-state index in [1.54, 1.807) is 0 Å². The van der Waals surface area contributed by atoms with E-state index >= 15 is 0 Å². The maximum absolute atomic E-state index is 6.09. The summed E-state index contributed by atoms with van der Waals surface area (Å²) in [5.74, 6) is 1.59. The van der Waals surface area contributed by atoms with Gasteiger partial charge in [0.05, 0.1) is 0 Å². The van der Waals surface area contributed by atoms with Crippen molar-refractivity contribution in [2.24, 2.45) is 0 Å². The molecule has 2 heterocycles. The van der Waals surface area contributed by atoms with Gasteiger partial charge in [-0.3, -0.25) is 0 Å². The summed E-state index contributed by atoms with van der Waals surface area (Å²) in [5, 5.41) is 1.03. The molecule has 4 nitrogen and oxygen atoms in total. The predicted octanol–water partition coefficient (Wildman–Crippen LogP) is 4.89. The Hall–Kier alpha value is -2.88. The summed E-state index contributed by atoms with van der Waals surface area (Å²) >= 11 is 0. The average molecular weight is 317 g/mol. The Bertz CT molecular complexity index is 988. The minimum absolute atomic E-state index is 0.733. The largest absolute Gasteiger partial charge is 0.450 e. The minimum atomic E-state index is 0.733. The number of para-hydroxylation sites is 1. The van der Waals surface area contributed by atoms with Crippen molar-refractivity contribution in [2.75, 3.05) is 18.0 Å². The highest BCUT2D eigenvalue weighted by atomic mass is 16.3. The fourth-order valence-corrected chi connectivity index (χ4v) is 3.03. The molecular formula is C20H19N3O. The van der Waals surface area contributed by atoms with Crippen LogP contribution in [0, 0.1) is 0 Å². The van der Waals surface area contributed by atoms with Gasteiger partial charge in [0.2, 0.25) is 0 Å². The summed E-state index contributed by atoms with van der Waals surface area (Å²) in [7, 11) is 0. The van der Waals surface area contributed by atoms with Gasteiger partial charge in [-0.2, -0.15) is 0 Å². The van der Waals surface area contributed by atoms with Gasteiger partial charge < -0.3 is 9.32 Å². The van der Waals surface area contributed by atoms with E-state index in [1.807, 2.05) is 48.5 Å². The van der Waals surface area contributed by atoms with Crippen LogP contribution in [0.15, 0.2) is 59.0 Å². The van der Waals surface area contributed by atoms with Crippen molar-refractivity contribution in [3.8, 4) is 11.4 Å². The molecule has 0 amide bonds. The first kappa shape index (κ1) is 14.7. The van der Waals surface area contributed by atoms with E-state index in [0.717, 1.165) is 52.4 Å². The average Bonchev–Trinajstić information content (AvgIpc) is 3.02. The molecule has 0 unspecified atom stereocenters. The molecule has 0 spiro atoms. The van der Waals surface area contributed by atoms with E-state index < -0.39 is 0 Å². The van der Waals surface area contributed by atoms with Crippen molar-refractivity contribution < 1.29 is 4.42 Å². The normalized spacial score (nSPS) is 11.2. The Morgan fingerprint density at radius 1 is 0.875 bits per heavy atom. The van der Waals surface area contributed by atoms with Crippen molar-refractivity contribution in [1.82, 2.24) is 9.97 Å². The number of benzene rings is 2. The first-order valence-electron chi connectivity index (χ1n) is 8.31. The monoisotopic (exact) mass is 317 g/mol. The lowest BCUT2D eigenvalue weighted by Gasteiger charge is -2.20. The van der Waals surface area contributed by atoms with Crippen molar-refractivity contribution in [1.29, 1.82) is 0 Å². The van der Waals surface area contributed by atoms with E-state index in [0.29, 0.717) is 0 Å². The molecule has 0 saturated heterocycles. The Balaban J connectivity index is 2.07. The molecule has 0 aliphatic heterocycles. The fraction of sp³-hybridized carbons (Fsp3) is 0.200. The van der Waals surface area contributed by atoms with Crippen LogP contribution < -0.4 is 4.90 Å². The Morgan fingerprint density at radius 2 is 1.58 bits per heavy atom. The zero-order valence-electron chi connectivity index (χ0n) is 13.9. The summed E-state index contributed by atoms with van der Waals surface area (Å²) in [4.78, 5) is 11.9. The number of aromatic nitrogens is 2. The SMILES string of the molecule is CCN(CC)c1nc(-c2ccccc2)nc2c1oc1ccccc12. The van der Waals surface area contributed by atoms with Crippen molar-refractivity contribution >= 4 is 27.9 Å². The maximum atomic E-state index is 6.09. The Labute approximate surface area is 140 Å². The van der Waals surface area contributed by atoms with Crippen molar-refractivity contribution in [2.45, 2.75) is 13.8 Å². The molecule has 0 atom stereocenters. The maximum Gasteiger partial charge on any atom is 0.196 e. The number of fused-ring (bicyclic) bond motifs is 3. The summed E-state index contributed by atoms with van der Waals surface area (Å²) in [6.45, 7) is 5.99. The molecule has 0 radical (unpaired) electrons. The van der Waals surface area contributed by atoms with Crippen LogP contribution in [0.2, 0.25) is 0 Å². The third-order valence-electron chi connectivity index (χ3n) is 4.30. The van der Waals surface area contributed by atoms with E-state index in [-0.39, 0.29) is 0 Å². The lowest BCUT2D eigenvalue weighted by Crippen LogP contribution is -2.23. The summed E-state index contributed by atoms with van der Waals surface area (Å²) in [5.41, 5.74) is 3.50. The highest BCUT2D eigenvalue weighted by Crippen LogP contribution is 2.34. The van der Waals surface area contributed by atoms with Crippen LogP contribution in [-0.4, -0.2) is 23.1 Å². The van der Waals surface area contributed by atoms with Gasteiger partial charge in [-0.1, -0.05) is 42.5 Å². The van der Waals surface area contributed by atoms with Gasteiger partial charge in [0.1, 0.15) is 11.1 Å². The predicted molar refractivity (Wildman–Crippen MR) is 98.3 cm³/mol. The third-order valence-corrected chi connectivity index (χ3v) is 4.30. The smallest absolute Gasteiger partial charge is 0.196 e. The second kappa shape index (κ2) is 5.96. The topological polar surface area (TPSA) is 42.2 Å². The van der Waals surface area contributed by atoms with Crippen LogP contribution in [0.4, 0.5) is 5.82 Å². The van der Waals surface area contributed by atoms with Gasteiger partial charge in [0.25, 0.3) is 0 Å². The van der Waals surface area contributed by atoms with Crippen molar-refractivity contribution in [3.05, 3.63) is 54.6 Å². The Kier molecular flexibility index (Phi) is 3.65. The molecule has 4 rings (SSSR count). The van der Waals surface area contributed by atoms with Gasteiger partial charge in [-0.25, -0.2) is 9.97 Å². The van der Waals surface area contributed by atoms with Gasteiger partial charge in [0, 0.05) is 24.0 Å². The number of nitrogens with zero attached hydrogens (tertiary/aromatic N) is 3. The molecule has 0 aliphatic rings. The lowest BCUT2D eigenvalue weighted by molar-refractivity contribution is 0.661. The second-order valence-corrected chi connectivity index (χ2v) is 5.69. The van der Waals surface area contributed by atoms with Crippen LogP contribution in [0.25, 0.3) is 33.5 Å². The van der Waals surface area contributed by atoms with Gasteiger partial charge >= 0.3 is 0 Å². The molecule has 120 valence electrons. The highest BCUT2D eigenvalue weighted by molar-refractivity contribution is 6.06. The second-order valence-electron chi connectivity index (χ2n) is 5.69. The fourth-order valence-electron chi connectivity index (χ4n) is 3.03. The van der Waals surface area contributed by atoms with Crippen LogP contribution in [0.3, 0.4) is 0 Å². The van der Waals surface area contributed by atoms with Crippen molar-refractivity contribution in [3.63, 3.8) is 0 Å². The van der Waals surface area contributed by atoms with Gasteiger partial charge in [0.15, 0.2) is 17.2 Å². The molecule has 0 bridgehead atoms. The molecule has 2 aromatic carbocycles. The number of rotatable bonds is 4. The number of furan rings is 1. The zero-order chi connectivity index (χ0) is 16.5. The Morgan fingerprint density at radius 3 is 2.33 bits per heavy atom. The summed E-state index contributed by atoms with van der Waals surface area (Å²) in [6, 6.07) is 18.1. The number of anilines is 1. The summed E-state index contributed by atoms with van der Waals surface area (Å²) in [6.07, 6.45) is 0. The zero-order valence-corrected chi connectivity index (χ0v) is 13.9. The molecule has 4 aromatic rings. The molecule has 2 aromatic heterocycles. The van der Waals surface area contributed by atoms with Crippen LogP contribution in [-0.2, 0) is 0 Å². The highest BCUT2D eigenvalue weighted by Gasteiger charge is 2.19. The first-order valence-corrected chi connectivity index (χ1v) is 8.31. The van der Waals surface area contributed by atoms with Gasteiger partial charge in [-0.05, 0) is 26.0 Å². The number of hydrogen-bond acceptors (Lipinski definition) is 4. The molecule has 0 aliphatic carbocycles. The molecule has 24 heavy (non-hydrogen) atoms. The van der Waals surface area contributed by atoms with E-state index in [4.69, 9.17) is 14.4 Å². The number of hydrogen-bond donors (Lipinski definition) is 0. The van der Waals surface area contributed by atoms with E-state index in [9.17, 15) is 0 Å². The molecule has 4 heteroatoms. The molecule has 0 fully saturated rings. The quantitative estimate of drug-likeness (QED) is 0.537. The standard InChI is InChI=1S/C20H19N3O/c1-3-23(4-2)20-18-17(15-12-8-9-13-16(15)24-18)21-19(22-20)14-10-6-5-7-11-14/h5-13H,3-4H2,1-2H3. The molecule has 0 N–H and O–H groups in total. The molecule has 0 saturated carbocycles.